The van der Waals surface area contributed by atoms with Crippen molar-refractivity contribution >= 4 is 21.4 Å². The summed E-state index contributed by atoms with van der Waals surface area (Å²) in [7, 11) is -3.25. The van der Waals surface area contributed by atoms with Gasteiger partial charge in [-0.15, -0.1) is 0 Å². The van der Waals surface area contributed by atoms with Gasteiger partial charge < -0.3 is 5.32 Å². The van der Waals surface area contributed by atoms with Crippen LogP contribution in [0.1, 0.15) is 21.5 Å². The number of rotatable bonds is 3. The summed E-state index contributed by atoms with van der Waals surface area (Å²) in [4.78, 5) is 12.4. The van der Waals surface area contributed by atoms with Crippen molar-refractivity contribution in [1.82, 2.24) is 0 Å². The summed E-state index contributed by atoms with van der Waals surface area (Å²) < 4.78 is 22.8. The van der Waals surface area contributed by atoms with Gasteiger partial charge in [0.2, 0.25) is 0 Å². The summed E-state index contributed by atoms with van der Waals surface area (Å²) in [6.07, 6.45) is 1.14. The van der Waals surface area contributed by atoms with E-state index in [-0.39, 0.29) is 10.8 Å². The fourth-order valence-corrected chi connectivity index (χ4v) is 2.68. The van der Waals surface area contributed by atoms with E-state index in [0.717, 1.165) is 23.1 Å². The normalized spacial score (nSPS) is 11.2. The average Bonchev–Trinajstić information content (AvgIpc) is 2.42. The molecule has 0 heterocycles. The molecular formula is C16H17NO3S. The number of sulfone groups is 1. The Balaban J connectivity index is 2.25. The van der Waals surface area contributed by atoms with E-state index in [2.05, 4.69) is 5.32 Å². The first-order valence-corrected chi connectivity index (χ1v) is 8.36. The summed E-state index contributed by atoms with van der Waals surface area (Å²) in [5.41, 5.74) is 3.17. The highest BCUT2D eigenvalue weighted by Crippen LogP contribution is 2.20. The van der Waals surface area contributed by atoms with Gasteiger partial charge in [0.1, 0.15) is 0 Å². The molecule has 0 unspecified atom stereocenters. The quantitative estimate of drug-likeness (QED) is 0.948. The molecule has 0 spiro atoms. The Hall–Kier alpha value is -2.14. The van der Waals surface area contributed by atoms with Gasteiger partial charge in [-0.25, -0.2) is 8.42 Å². The zero-order valence-electron chi connectivity index (χ0n) is 12.2. The number of nitrogens with one attached hydrogen (secondary N) is 1. The van der Waals surface area contributed by atoms with Crippen LogP contribution in [0.2, 0.25) is 0 Å². The van der Waals surface area contributed by atoms with Crippen LogP contribution in [0.3, 0.4) is 0 Å². The molecule has 21 heavy (non-hydrogen) atoms. The second kappa shape index (κ2) is 5.69. The minimum absolute atomic E-state index is 0.200. The smallest absolute Gasteiger partial charge is 0.255 e. The van der Waals surface area contributed by atoms with Crippen LogP contribution in [0.5, 0.6) is 0 Å². The van der Waals surface area contributed by atoms with E-state index in [1.165, 1.54) is 24.3 Å². The standard InChI is InChI=1S/C16H17NO3S/c1-11-5-4-6-12(2)15(11)17-16(18)13-7-9-14(10-8-13)21(3,19)20/h4-10H,1-3H3,(H,17,18). The van der Waals surface area contributed by atoms with Crippen molar-refractivity contribution in [3.05, 3.63) is 59.2 Å². The largest absolute Gasteiger partial charge is 0.322 e. The van der Waals surface area contributed by atoms with Crippen LogP contribution in [-0.4, -0.2) is 20.6 Å². The fourth-order valence-electron chi connectivity index (χ4n) is 2.05. The fraction of sp³-hybridized carbons (Fsp3) is 0.188. The maximum absolute atomic E-state index is 12.2. The molecule has 1 amide bonds. The Kier molecular flexibility index (Phi) is 4.14. The second-order valence-corrected chi connectivity index (χ2v) is 7.03. The summed E-state index contributed by atoms with van der Waals surface area (Å²) >= 11 is 0. The molecule has 0 aliphatic carbocycles. The minimum atomic E-state index is -3.25. The molecule has 0 radical (unpaired) electrons. The van der Waals surface area contributed by atoms with Gasteiger partial charge >= 0.3 is 0 Å². The molecule has 0 fully saturated rings. The Morgan fingerprint density at radius 3 is 1.95 bits per heavy atom. The van der Waals surface area contributed by atoms with E-state index in [1.54, 1.807) is 0 Å². The van der Waals surface area contributed by atoms with Gasteiger partial charge in [0, 0.05) is 17.5 Å². The van der Waals surface area contributed by atoms with Crippen LogP contribution in [0, 0.1) is 13.8 Å². The molecule has 1 N–H and O–H groups in total. The van der Waals surface area contributed by atoms with Crippen molar-refractivity contribution in [3.63, 3.8) is 0 Å². The van der Waals surface area contributed by atoms with Gasteiger partial charge in [0.15, 0.2) is 9.84 Å². The number of benzene rings is 2. The lowest BCUT2D eigenvalue weighted by molar-refractivity contribution is 0.102. The highest BCUT2D eigenvalue weighted by atomic mass is 32.2. The monoisotopic (exact) mass is 303 g/mol. The van der Waals surface area contributed by atoms with E-state index in [1.807, 2.05) is 32.0 Å². The summed E-state index contributed by atoms with van der Waals surface area (Å²) in [5.74, 6) is -0.257. The molecule has 2 aromatic carbocycles. The van der Waals surface area contributed by atoms with Crippen molar-refractivity contribution in [1.29, 1.82) is 0 Å². The third kappa shape index (κ3) is 3.49. The molecule has 5 heteroatoms. The van der Waals surface area contributed by atoms with Crippen LogP contribution in [0.25, 0.3) is 0 Å². The molecule has 0 aliphatic heterocycles. The van der Waals surface area contributed by atoms with Gasteiger partial charge in [0.25, 0.3) is 5.91 Å². The third-order valence-corrected chi connectivity index (χ3v) is 4.39. The SMILES string of the molecule is Cc1cccc(C)c1NC(=O)c1ccc(S(C)(=O)=O)cc1. The van der Waals surface area contributed by atoms with E-state index in [0.29, 0.717) is 5.56 Å². The van der Waals surface area contributed by atoms with E-state index in [9.17, 15) is 13.2 Å². The lowest BCUT2D eigenvalue weighted by Gasteiger charge is -2.11. The number of hydrogen-bond donors (Lipinski definition) is 1. The van der Waals surface area contributed by atoms with E-state index < -0.39 is 9.84 Å². The molecule has 0 atom stereocenters. The number of anilines is 1. The Morgan fingerprint density at radius 2 is 1.48 bits per heavy atom. The maximum atomic E-state index is 12.2. The van der Waals surface area contributed by atoms with Gasteiger partial charge in [-0.3, -0.25) is 4.79 Å². The van der Waals surface area contributed by atoms with E-state index in [4.69, 9.17) is 0 Å². The number of aryl methyl sites for hydroxylation is 2. The number of hydrogen-bond acceptors (Lipinski definition) is 3. The third-order valence-electron chi connectivity index (χ3n) is 3.26. The Morgan fingerprint density at radius 1 is 0.952 bits per heavy atom. The van der Waals surface area contributed by atoms with Crippen molar-refractivity contribution in [2.75, 3.05) is 11.6 Å². The first-order chi connectivity index (χ1) is 9.79. The Bertz CT molecular complexity index is 757. The topological polar surface area (TPSA) is 63.2 Å². The minimum Gasteiger partial charge on any atom is -0.322 e. The predicted octanol–water partition coefficient (Wildman–Crippen LogP) is 2.96. The number of para-hydroxylation sites is 1. The first kappa shape index (κ1) is 15.3. The van der Waals surface area contributed by atoms with Crippen molar-refractivity contribution in [3.8, 4) is 0 Å². The van der Waals surface area contributed by atoms with Gasteiger partial charge in [-0.05, 0) is 49.2 Å². The summed E-state index contributed by atoms with van der Waals surface area (Å²) in [5, 5.41) is 2.86. The lowest BCUT2D eigenvalue weighted by Crippen LogP contribution is -2.14. The molecule has 0 bridgehead atoms. The molecule has 4 nitrogen and oxygen atoms in total. The highest BCUT2D eigenvalue weighted by Gasteiger charge is 2.11. The zero-order chi connectivity index (χ0) is 15.6. The van der Waals surface area contributed by atoms with E-state index >= 15 is 0 Å². The molecule has 0 saturated heterocycles. The van der Waals surface area contributed by atoms with Crippen molar-refractivity contribution < 1.29 is 13.2 Å². The van der Waals surface area contributed by atoms with Crippen LogP contribution >= 0.6 is 0 Å². The van der Waals surface area contributed by atoms with Gasteiger partial charge in [0.05, 0.1) is 4.90 Å². The molecule has 110 valence electrons. The lowest BCUT2D eigenvalue weighted by atomic mass is 10.1. The zero-order valence-corrected chi connectivity index (χ0v) is 13.0. The number of carbonyl (C=O) groups excluding carboxylic acids is 1. The maximum Gasteiger partial charge on any atom is 0.255 e. The first-order valence-electron chi connectivity index (χ1n) is 6.47. The molecule has 0 aromatic heterocycles. The van der Waals surface area contributed by atoms with Crippen LogP contribution in [-0.2, 0) is 9.84 Å². The molecule has 2 aromatic rings. The summed E-state index contributed by atoms with van der Waals surface area (Å²) in [6, 6.07) is 11.7. The van der Waals surface area contributed by atoms with Crippen LogP contribution < -0.4 is 5.32 Å². The summed E-state index contributed by atoms with van der Waals surface area (Å²) in [6.45, 7) is 3.85. The predicted molar refractivity (Wildman–Crippen MR) is 83.4 cm³/mol. The molecule has 2 rings (SSSR count). The molecule has 0 aliphatic rings. The molecular weight excluding hydrogens is 286 g/mol. The molecule has 0 saturated carbocycles. The Labute approximate surface area is 124 Å². The average molecular weight is 303 g/mol. The second-order valence-electron chi connectivity index (χ2n) is 5.02. The number of amides is 1. The van der Waals surface area contributed by atoms with Crippen molar-refractivity contribution in [2.45, 2.75) is 18.7 Å². The van der Waals surface area contributed by atoms with Gasteiger partial charge in [-0.1, -0.05) is 18.2 Å². The highest BCUT2D eigenvalue weighted by molar-refractivity contribution is 7.90. The number of carbonyl (C=O) groups is 1. The van der Waals surface area contributed by atoms with Crippen LogP contribution in [0.4, 0.5) is 5.69 Å². The van der Waals surface area contributed by atoms with Crippen LogP contribution in [0.15, 0.2) is 47.4 Å². The van der Waals surface area contributed by atoms with Crippen molar-refractivity contribution in [2.24, 2.45) is 0 Å². The van der Waals surface area contributed by atoms with Gasteiger partial charge in [-0.2, -0.15) is 0 Å².